The van der Waals surface area contributed by atoms with Crippen molar-refractivity contribution in [2.75, 3.05) is 5.32 Å². The van der Waals surface area contributed by atoms with Gasteiger partial charge in [-0.2, -0.15) is 0 Å². The quantitative estimate of drug-likeness (QED) is 0.875. The van der Waals surface area contributed by atoms with Crippen LogP contribution in [0.3, 0.4) is 0 Å². The lowest BCUT2D eigenvalue weighted by Crippen LogP contribution is -2.45. The number of nitrogens with two attached hydrogens (primary N) is 1. The van der Waals surface area contributed by atoms with Crippen molar-refractivity contribution in [3.05, 3.63) is 24.3 Å². The lowest BCUT2D eigenvalue weighted by atomic mass is 9.87. The molecule has 0 bridgehead atoms. The topological polar surface area (TPSA) is 68.0 Å². The number of carbonyl (C=O) groups excluding carboxylic acids is 1. The molecular formula is C13H17N3OS. The molecule has 18 heavy (non-hydrogen) atoms. The molecule has 1 amide bonds. The van der Waals surface area contributed by atoms with Crippen LogP contribution < -0.4 is 11.1 Å². The summed E-state index contributed by atoms with van der Waals surface area (Å²) in [4.78, 5) is 16.3. The zero-order valence-corrected chi connectivity index (χ0v) is 11.5. The second kappa shape index (κ2) is 4.66. The van der Waals surface area contributed by atoms with Crippen LogP contribution >= 0.6 is 11.3 Å². The summed E-state index contributed by atoms with van der Waals surface area (Å²) in [5.41, 5.74) is 6.53. The van der Waals surface area contributed by atoms with E-state index in [1.54, 1.807) is 0 Å². The zero-order valence-electron chi connectivity index (χ0n) is 10.7. The second-order valence-corrected chi connectivity index (χ2v) is 6.35. The van der Waals surface area contributed by atoms with Crippen molar-refractivity contribution < 1.29 is 4.79 Å². The summed E-state index contributed by atoms with van der Waals surface area (Å²) in [6.45, 7) is 5.82. The van der Waals surface area contributed by atoms with E-state index in [1.165, 1.54) is 11.3 Å². The molecule has 0 spiro atoms. The van der Waals surface area contributed by atoms with Crippen LogP contribution in [0.15, 0.2) is 24.3 Å². The first-order chi connectivity index (χ1) is 8.38. The van der Waals surface area contributed by atoms with Gasteiger partial charge in [-0.15, -0.1) is 0 Å². The third kappa shape index (κ3) is 2.68. The fraction of sp³-hybridized carbons (Fsp3) is 0.385. The van der Waals surface area contributed by atoms with Crippen LogP contribution in [0.25, 0.3) is 10.2 Å². The number of benzene rings is 1. The monoisotopic (exact) mass is 263 g/mol. The predicted octanol–water partition coefficient (Wildman–Crippen LogP) is 2.61. The van der Waals surface area contributed by atoms with Crippen LogP contribution in [-0.2, 0) is 4.79 Å². The van der Waals surface area contributed by atoms with Gasteiger partial charge in [-0.1, -0.05) is 44.2 Å². The summed E-state index contributed by atoms with van der Waals surface area (Å²) in [6, 6.07) is 7.23. The highest BCUT2D eigenvalue weighted by Crippen LogP contribution is 2.26. The molecule has 0 fully saturated rings. The van der Waals surface area contributed by atoms with E-state index in [0.717, 1.165) is 10.2 Å². The van der Waals surface area contributed by atoms with Crippen molar-refractivity contribution in [3.63, 3.8) is 0 Å². The molecule has 1 atom stereocenters. The minimum Gasteiger partial charge on any atom is -0.319 e. The third-order valence-corrected chi connectivity index (χ3v) is 3.69. The lowest BCUT2D eigenvalue weighted by Gasteiger charge is -2.25. The summed E-state index contributed by atoms with van der Waals surface area (Å²) in [7, 11) is 0. The van der Waals surface area contributed by atoms with Crippen molar-refractivity contribution in [1.29, 1.82) is 0 Å². The maximum Gasteiger partial charge on any atom is 0.243 e. The number of para-hydroxylation sites is 1. The fourth-order valence-corrected chi connectivity index (χ4v) is 2.37. The highest BCUT2D eigenvalue weighted by molar-refractivity contribution is 7.22. The van der Waals surface area contributed by atoms with Crippen LogP contribution in [0.4, 0.5) is 5.13 Å². The van der Waals surface area contributed by atoms with Gasteiger partial charge in [0.25, 0.3) is 0 Å². The van der Waals surface area contributed by atoms with Crippen molar-refractivity contribution in [1.82, 2.24) is 4.98 Å². The van der Waals surface area contributed by atoms with Gasteiger partial charge in [-0.3, -0.25) is 4.79 Å². The van der Waals surface area contributed by atoms with E-state index in [1.807, 2.05) is 45.0 Å². The molecule has 0 saturated carbocycles. The van der Waals surface area contributed by atoms with E-state index in [0.29, 0.717) is 5.13 Å². The summed E-state index contributed by atoms with van der Waals surface area (Å²) in [5, 5.41) is 3.38. The maximum atomic E-state index is 12.0. The number of hydrogen-bond acceptors (Lipinski definition) is 4. The van der Waals surface area contributed by atoms with Gasteiger partial charge in [-0.25, -0.2) is 4.98 Å². The molecule has 5 heteroatoms. The Kier molecular flexibility index (Phi) is 3.36. The van der Waals surface area contributed by atoms with Gasteiger partial charge < -0.3 is 11.1 Å². The van der Waals surface area contributed by atoms with E-state index in [-0.39, 0.29) is 11.3 Å². The molecule has 0 aliphatic carbocycles. The Bertz CT molecular complexity index is 538. The first-order valence-corrected chi connectivity index (χ1v) is 6.61. The normalized spacial score (nSPS) is 13.6. The lowest BCUT2D eigenvalue weighted by molar-refractivity contribution is -0.119. The first-order valence-electron chi connectivity index (χ1n) is 5.80. The number of hydrogen-bond donors (Lipinski definition) is 2. The number of amides is 1. The Morgan fingerprint density at radius 2 is 2.06 bits per heavy atom. The fourth-order valence-electron chi connectivity index (χ4n) is 1.50. The van der Waals surface area contributed by atoms with Crippen LogP contribution in [0.2, 0.25) is 0 Å². The van der Waals surface area contributed by atoms with Crippen molar-refractivity contribution in [2.24, 2.45) is 11.1 Å². The van der Waals surface area contributed by atoms with Crippen LogP contribution in [0, 0.1) is 5.41 Å². The number of nitrogens with zero attached hydrogens (tertiary/aromatic N) is 1. The Morgan fingerprint density at radius 1 is 1.39 bits per heavy atom. The van der Waals surface area contributed by atoms with Gasteiger partial charge in [0.05, 0.1) is 16.3 Å². The highest BCUT2D eigenvalue weighted by Gasteiger charge is 2.27. The number of rotatable bonds is 2. The number of nitrogens with one attached hydrogen (secondary N) is 1. The van der Waals surface area contributed by atoms with Gasteiger partial charge in [-0.05, 0) is 17.5 Å². The second-order valence-electron chi connectivity index (χ2n) is 5.32. The van der Waals surface area contributed by atoms with E-state index < -0.39 is 6.04 Å². The van der Waals surface area contributed by atoms with Crippen molar-refractivity contribution in [3.8, 4) is 0 Å². The Labute approximate surface area is 110 Å². The average Bonchev–Trinajstić information content (AvgIpc) is 2.68. The van der Waals surface area contributed by atoms with Gasteiger partial charge in [0.15, 0.2) is 5.13 Å². The van der Waals surface area contributed by atoms with Gasteiger partial charge in [0, 0.05) is 0 Å². The van der Waals surface area contributed by atoms with E-state index >= 15 is 0 Å². The first kappa shape index (κ1) is 13.0. The molecule has 2 rings (SSSR count). The van der Waals surface area contributed by atoms with Crippen molar-refractivity contribution >= 4 is 32.6 Å². The zero-order chi connectivity index (χ0) is 13.3. The van der Waals surface area contributed by atoms with Gasteiger partial charge >= 0.3 is 0 Å². The van der Waals surface area contributed by atoms with Crippen LogP contribution in [0.1, 0.15) is 20.8 Å². The molecule has 0 radical (unpaired) electrons. The number of anilines is 1. The molecule has 0 unspecified atom stereocenters. The molecule has 96 valence electrons. The van der Waals surface area contributed by atoms with E-state index in [9.17, 15) is 4.79 Å². The molecule has 0 aliphatic rings. The van der Waals surface area contributed by atoms with Gasteiger partial charge in [0.2, 0.25) is 5.91 Å². The minimum atomic E-state index is -0.551. The predicted molar refractivity (Wildman–Crippen MR) is 75.7 cm³/mol. The highest BCUT2D eigenvalue weighted by atomic mass is 32.1. The Morgan fingerprint density at radius 3 is 2.67 bits per heavy atom. The Balaban J connectivity index is 2.16. The molecule has 0 saturated heterocycles. The third-order valence-electron chi connectivity index (χ3n) is 2.74. The molecule has 1 aromatic heterocycles. The molecule has 2 aromatic rings. The largest absolute Gasteiger partial charge is 0.319 e. The average molecular weight is 263 g/mol. The van der Waals surface area contributed by atoms with Crippen LogP contribution in [-0.4, -0.2) is 16.9 Å². The SMILES string of the molecule is CC(C)(C)[C@H](N)C(=O)Nc1nc2ccccc2s1. The summed E-state index contributed by atoms with van der Waals surface area (Å²) < 4.78 is 1.05. The molecule has 1 heterocycles. The van der Waals surface area contributed by atoms with Crippen LogP contribution in [0.5, 0.6) is 0 Å². The van der Waals surface area contributed by atoms with E-state index in [2.05, 4.69) is 10.3 Å². The Hall–Kier alpha value is -1.46. The van der Waals surface area contributed by atoms with Gasteiger partial charge in [0.1, 0.15) is 0 Å². The summed E-state index contributed by atoms with van der Waals surface area (Å²) in [6.07, 6.45) is 0. The smallest absolute Gasteiger partial charge is 0.243 e. The molecular weight excluding hydrogens is 246 g/mol. The molecule has 0 aliphatic heterocycles. The number of aromatic nitrogens is 1. The standard InChI is InChI=1S/C13H17N3OS/c1-13(2,3)10(14)11(17)16-12-15-8-6-4-5-7-9(8)18-12/h4-7,10H,14H2,1-3H3,(H,15,16,17)/t10-/m1/s1. The molecule has 3 N–H and O–H groups in total. The number of fused-ring (bicyclic) bond motifs is 1. The molecule has 1 aromatic carbocycles. The maximum absolute atomic E-state index is 12.0. The minimum absolute atomic E-state index is 0.193. The summed E-state index contributed by atoms with van der Waals surface area (Å²) >= 11 is 1.46. The van der Waals surface area contributed by atoms with Crippen molar-refractivity contribution in [2.45, 2.75) is 26.8 Å². The summed E-state index contributed by atoms with van der Waals surface area (Å²) in [5.74, 6) is -0.193. The van der Waals surface area contributed by atoms with E-state index in [4.69, 9.17) is 5.73 Å². The number of thiazole rings is 1. The molecule has 4 nitrogen and oxygen atoms in total. The number of carbonyl (C=O) groups is 1.